The number of hydrogen-bond donors (Lipinski definition) is 0. The summed E-state index contributed by atoms with van der Waals surface area (Å²) in [6, 6.07) is 0. The summed E-state index contributed by atoms with van der Waals surface area (Å²) in [6.07, 6.45) is 0. The van der Waals surface area contributed by atoms with E-state index in [9.17, 15) is 18.0 Å². The van der Waals surface area contributed by atoms with Gasteiger partial charge in [-0.15, -0.1) is 0 Å². The van der Waals surface area contributed by atoms with Crippen LogP contribution in [0.25, 0.3) is 0 Å². The van der Waals surface area contributed by atoms with Crippen LogP contribution >= 0.6 is 0 Å². The number of carbonyl (C=O) groups is 2. The maximum Gasteiger partial charge on any atom is 0.237 e. The molecule has 0 aliphatic heterocycles. The molecule has 0 fully saturated rings. The van der Waals surface area contributed by atoms with Crippen LogP contribution in [0, 0.1) is 5.41 Å². The molecule has 0 rings (SSSR count). The molecule has 106 valence electrons. The number of sulfone groups is 1. The van der Waals surface area contributed by atoms with Crippen molar-refractivity contribution in [3.63, 3.8) is 0 Å². The summed E-state index contributed by atoms with van der Waals surface area (Å²) in [6.45, 7) is 9.50. The molecule has 0 heterocycles. The minimum atomic E-state index is -3.67. The fourth-order valence-corrected chi connectivity index (χ4v) is 2.82. The smallest absolute Gasteiger partial charge is 0.237 e. The fourth-order valence-electron chi connectivity index (χ4n) is 1.32. The Balaban J connectivity index is 4.69. The van der Waals surface area contributed by atoms with Crippen LogP contribution in [0.1, 0.15) is 34.6 Å². The normalized spacial score (nSPS) is 12.3. The van der Waals surface area contributed by atoms with E-state index >= 15 is 0 Å². The highest BCUT2D eigenvalue weighted by molar-refractivity contribution is 7.92. The van der Waals surface area contributed by atoms with Crippen LogP contribution < -0.4 is 0 Å². The number of amides is 1. The molecular formula is C12H23NO4S. The SMILES string of the molecule is CCN(CC)C(=O)CS(=O)(=O)CC(=O)C(C)(C)C. The van der Waals surface area contributed by atoms with Gasteiger partial charge in [0.2, 0.25) is 5.91 Å². The number of Topliss-reactive ketones (excluding diaryl/α,β-unsaturated/α-hetero) is 1. The Kier molecular flexibility index (Phi) is 5.99. The molecule has 0 radical (unpaired) electrons. The summed E-state index contributed by atoms with van der Waals surface area (Å²) in [5.74, 6) is -1.96. The Bertz CT molecular complexity index is 402. The maximum atomic E-state index is 11.8. The van der Waals surface area contributed by atoms with Crippen LogP contribution in [0.3, 0.4) is 0 Å². The summed E-state index contributed by atoms with van der Waals surface area (Å²) in [5.41, 5.74) is -0.703. The van der Waals surface area contributed by atoms with Gasteiger partial charge < -0.3 is 4.90 Å². The van der Waals surface area contributed by atoms with E-state index in [1.54, 1.807) is 34.6 Å². The van der Waals surface area contributed by atoms with Crippen molar-refractivity contribution in [2.75, 3.05) is 24.6 Å². The molecule has 18 heavy (non-hydrogen) atoms. The summed E-state index contributed by atoms with van der Waals surface area (Å²) in [4.78, 5) is 24.8. The van der Waals surface area contributed by atoms with Gasteiger partial charge in [-0.3, -0.25) is 9.59 Å². The van der Waals surface area contributed by atoms with E-state index < -0.39 is 32.7 Å². The van der Waals surface area contributed by atoms with E-state index in [0.717, 1.165) is 0 Å². The Hall–Kier alpha value is -0.910. The van der Waals surface area contributed by atoms with Crippen LogP contribution in [0.2, 0.25) is 0 Å². The highest BCUT2D eigenvalue weighted by atomic mass is 32.2. The van der Waals surface area contributed by atoms with Gasteiger partial charge in [-0.25, -0.2) is 8.42 Å². The second kappa shape index (κ2) is 6.31. The predicted octanol–water partition coefficient (Wildman–Crippen LogP) is 0.885. The molecule has 0 bridgehead atoms. The van der Waals surface area contributed by atoms with Crippen LogP contribution in [0.5, 0.6) is 0 Å². The van der Waals surface area contributed by atoms with E-state index in [2.05, 4.69) is 0 Å². The van der Waals surface area contributed by atoms with Crippen molar-refractivity contribution in [2.45, 2.75) is 34.6 Å². The van der Waals surface area contributed by atoms with Gasteiger partial charge in [0.1, 0.15) is 11.5 Å². The standard InChI is InChI=1S/C12H23NO4S/c1-6-13(7-2)11(15)9-18(16,17)8-10(14)12(3,4)5/h6-9H2,1-5H3. The fraction of sp³-hybridized carbons (Fsp3) is 0.833. The van der Waals surface area contributed by atoms with E-state index in [1.165, 1.54) is 4.90 Å². The summed E-state index contributed by atoms with van der Waals surface area (Å²) in [7, 11) is -3.67. The lowest BCUT2D eigenvalue weighted by atomic mass is 9.92. The lowest BCUT2D eigenvalue weighted by molar-refractivity contribution is -0.128. The van der Waals surface area contributed by atoms with Crippen LogP contribution in [-0.4, -0.2) is 49.6 Å². The molecule has 0 unspecified atom stereocenters. The molecule has 0 saturated heterocycles. The molecule has 0 atom stereocenters. The van der Waals surface area contributed by atoms with Crippen molar-refractivity contribution < 1.29 is 18.0 Å². The minimum Gasteiger partial charge on any atom is -0.342 e. The van der Waals surface area contributed by atoms with Gasteiger partial charge in [-0.05, 0) is 13.8 Å². The summed E-state index contributed by atoms with van der Waals surface area (Å²) < 4.78 is 23.5. The first-order valence-corrected chi connectivity index (χ1v) is 7.87. The van der Waals surface area contributed by atoms with Crippen molar-refractivity contribution in [3.8, 4) is 0 Å². The van der Waals surface area contributed by atoms with Crippen molar-refractivity contribution in [2.24, 2.45) is 5.41 Å². The van der Waals surface area contributed by atoms with Crippen molar-refractivity contribution in [3.05, 3.63) is 0 Å². The van der Waals surface area contributed by atoms with Crippen molar-refractivity contribution >= 4 is 21.5 Å². The lowest BCUT2D eigenvalue weighted by Gasteiger charge is -2.19. The molecule has 0 spiro atoms. The topological polar surface area (TPSA) is 71.5 Å². The molecule has 0 aromatic carbocycles. The third-order valence-corrected chi connectivity index (χ3v) is 4.04. The monoisotopic (exact) mass is 277 g/mol. The van der Waals surface area contributed by atoms with Crippen LogP contribution in [0.15, 0.2) is 0 Å². The van der Waals surface area contributed by atoms with Gasteiger partial charge in [0.15, 0.2) is 15.6 Å². The first-order valence-electron chi connectivity index (χ1n) is 6.05. The first-order chi connectivity index (χ1) is 8.03. The van der Waals surface area contributed by atoms with Crippen molar-refractivity contribution in [1.29, 1.82) is 0 Å². The Morgan fingerprint density at radius 1 is 1.00 bits per heavy atom. The lowest BCUT2D eigenvalue weighted by Crippen LogP contribution is -2.38. The van der Waals surface area contributed by atoms with E-state index in [4.69, 9.17) is 0 Å². The molecular weight excluding hydrogens is 254 g/mol. The van der Waals surface area contributed by atoms with Gasteiger partial charge in [-0.1, -0.05) is 20.8 Å². The molecule has 6 heteroatoms. The van der Waals surface area contributed by atoms with Gasteiger partial charge in [0.25, 0.3) is 0 Å². The first kappa shape index (κ1) is 17.1. The zero-order chi connectivity index (χ0) is 14.6. The Morgan fingerprint density at radius 3 is 1.78 bits per heavy atom. The average Bonchev–Trinajstić information content (AvgIpc) is 2.16. The van der Waals surface area contributed by atoms with Gasteiger partial charge in [0.05, 0.1) is 0 Å². The maximum absolute atomic E-state index is 11.8. The Labute approximate surface area is 109 Å². The number of nitrogens with zero attached hydrogens (tertiary/aromatic N) is 1. The molecule has 0 aromatic rings. The number of hydrogen-bond acceptors (Lipinski definition) is 4. The zero-order valence-electron chi connectivity index (χ0n) is 11.8. The molecule has 0 aromatic heterocycles. The molecule has 0 saturated carbocycles. The molecule has 1 amide bonds. The second-order valence-electron chi connectivity index (χ2n) is 5.27. The van der Waals surface area contributed by atoms with Gasteiger partial charge >= 0.3 is 0 Å². The highest BCUT2D eigenvalue weighted by Gasteiger charge is 2.29. The third-order valence-electron chi connectivity index (χ3n) is 2.65. The number of ketones is 1. The minimum absolute atomic E-state index is 0.366. The number of carbonyl (C=O) groups excluding carboxylic acids is 2. The largest absolute Gasteiger partial charge is 0.342 e. The molecule has 0 aliphatic carbocycles. The molecule has 0 N–H and O–H groups in total. The van der Waals surface area contributed by atoms with E-state index in [-0.39, 0.29) is 5.78 Å². The predicted molar refractivity (Wildman–Crippen MR) is 71.0 cm³/mol. The number of rotatable bonds is 6. The Morgan fingerprint density at radius 2 is 1.44 bits per heavy atom. The zero-order valence-corrected chi connectivity index (χ0v) is 12.6. The summed E-state index contributed by atoms with van der Waals surface area (Å²) in [5, 5.41) is 0. The average molecular weight is 277 g/mol. The molecule has 0 aliphatic rings. The third kappa shape index (κ3) is 5.62. The van der Waals surface area contributed by atoms with Gasteiger partial charge in [0, 0.05) is 18.5 Å². The van der Waals surface area contributed by atoms with Crippen molar-refractivity contribution in [1.82, 2.24) is 4.90 Å². The van der Waals surface area contributed by atoms with Gasteiger partial charge in [-0.2, -0.15) is 0 Å². The summed E-state index contributed by atoms with van der Waals surface area (Å²) >= 11 is 0. The molecule has 5 nitrogen and oxygen atoms in total. The quantitative estimate of drug-likeness (QED) is 0.722. The van der Waals surface area contributed by atoms with E-state index in [1.807, 2.05) is 0 Å². The van der Waals surface area contributed by atoms with Crippen LogP contribution in [-0.2, 0) is 19.4 Å². The van der Waals surface area contributed by atoms with Crippen LogP contribution in [0.4, 0.5) is 0 Å². The van der Waals surface area contributed by atoms with E-state index in [0.29, 0.717) is 13.1 Å². The second-order valence-corrected chi connectivity index (χ2v) is 7.34. The highest BCUT2D eigenvalue weighted by Crippen LogP contribution is 2.15.